The van der Waals surface area contributed by atoms with E-state index in [0.717, 1.165) is 21.0 Å². The molecule has 0 radical (unpaired) electrons. The maximum absolute atomic E-state index is 14.6. The molecular formula is C36H38Cl3N3O4S. The SMILES string of the molecule is Cc1ccc(N(CC(=O)N(Cc2ccc(Cl)cc2Cl)[C@H](Cc2ccccc2)C(=O)NC(C)(C)C)S(=O)(=O)c2ccc(Cl)cc2)cc1C. The lowest BCUT2D eigenvalue weighted by atomic mass is 10.0. The van der Waals surface area contributed by atoms with Gasteiger partial charge in [0.15, 0.2) is 0 Å². The largest absolute Gasteiger partial charge is 0.350 e. The number of anilines is 1. The van der Waals surface area contributed by atoms with E-state index in [1.54, 1.807) is 36.4 Å². The number of nitrogens with one attached hydrogen (secondary N) is 1. The van der Waals surface area contributed by atoms with Crippen LogP contribution in [0.5, 0.6) is 0 Å². The van der Waals surface area contributed by atoms with Gasteiger partial charge in [-0.15, -0.1) is 0 Å². The van der Waals surface area contributed by atoms with Gasteiger partial charge in [-0.3, -0.25) is 13.9 Å². The molecule has 0 aliphatic heterocycles. The molecular weight excluding hydrogens is 677 g/mol. The Labute approximate surface area is 292 Å². The van der Waals surface area contributed by atoms with Gasteiger partial charge in [0.25, 0.3) is 10.0 Å². The van der Waals surface area contributed by atoms with Crippen molar-refractivity contribution in [2.75, 3.05) is 10.8 Å². The summed E-state index contributed by atoms with van der Waals surface area (Å²) < 4.78 is 29.5. The molecule has 0 aliphatic carbocycles. The molecule has 0 fully saturated rings. The quantitative estimate of drug-likeness (QED) is 0.171. The summed E-state index contributed by atoms with van der Waals surface area (Å²) >= 11 is 18.8. The first kappa shape index (κ1) is 36.3. The molecule has 0 aromatic heterocycles. The van der Waals surface area contributed by atoms with Crippen LogP contribution in [0, 0.1) is 13.8 Å². The summed E-state index contributed by atoms with van der Waals surface area (Å²) in [4.78, 5) is 30.0. The lowest BCUT2D eigenvalue weighted by Crippen LogP contribution is -2.56. The smallest absolute Gasteiger partial charge is 0.264 e. The molecule has 4 aromatic carbocycles. The number of amides is 2. The summed E-state index contributed by atoms with van der Waals surface area (Å²) in [6, 6.07) is 24.2. The number of hydrogen-bond donors (Lipinski definition) is 1. The highest BCUT2D eigenvalue weighted by molar-refractivity contribution is 7.92. The summed E-state index contributed by atoms with van der Waals surface area (Å²) in [7, 11) is -4.27. The van der Waals surface area contributed by atoms with Gasteiger partial charge in [0.1, 0.15) is 12.6 Å². The lowest BCUT2D eigenvalue weighted by Gasteiger charge is -2.35. The van der Waals surface area contributed by atoms with E-state index in [4.69, 9.17) is 34.8 Å². The normalized spacial score (nSPS) is 12.3. The first-order chi connectivity index (χ1) is 22.0. The van der Waals surface area contributed by atoms with Crippen LogP contribution in [0.4, 0.5) is 5.69 Å². The number of carbonyl (C=O) groups excluding carboxylic acids is 2. The van der Waals surface area contributed by atoms with Gasteiger partial charge < -0.3 is 10.2 Å². The molecule has 47 heavy (non-hydrogen) atoms. The summed E-state index contributed by atoms with van der Waals surface area (Å²) in [6.45, 7) is 8.68. The third kappa shape index (κ3) is 9.51. The van der Waals surface area contributed by atoms with Crippen LogP contribution in [0.15, 0.2) is 95.9 Å². The number of rotatable bonds is 11. The summed E-state index contributed by atoms with van der Waals surface area (Å²) in [6.07, 6.45) is 0.174. The molecule has 11 heteroatoms. The Morgan fingerprint density at radius 1 is 0.809 bits per heavy atom. The lowest BCUT2D eigenvalue weighted by molar-refractivity contribution is -0.140. The summed E-state index contributed by atoms with van der Waals surface area (Å²) in [5.74, 6) is -0.991. The van der Waals surface area contributed by atoms with Gasteiger partial charge >= 0.3 is 0 Å². The molecule has 2 amide bonds. The van der Waals surface area contributed by atoms with Gasteiger partial charge in [0, 0.05) is 33.6 Å². The Morgan fingerprint density at radius 3 is 2.04 bits per heavy atom. The van der Waals surface area contributed by atoms with Crippen LogP contribution in [0.1, 0.15) is 43.0 Å². The number of benzene rings is 4. The van der Waals surface area contributed by atoms with Crippen LogP contribution in [0.3, 0.4) is 0 Å². The molecule has 248 valence electrons. The fourth-order valence-electron chi connectivity index (χ4n) is 4.98. The zero-order valence-electron chi connectivity index (χ0n) is 26.9. The Bertz CT molecular complexity index is 1840. The van der Waals surface area contributed by atoms with E-state index in [1.165, 1.54) is 29.2 Å². The number of hydrogen-bond acceptors (Lipinski definition) is 4. The predicted octanol–water partition coefficient (Wildman–Crippen LogP) is 8.01. The van der Waals surface area contributed by atoms with Crippen LogP contribution in [-0.2, 0) is 32.6 Å². The fraction of sp³-hybridized carbons (Fsp3) is 0.278. The monoisotopic (exact) mass is 713 g/mol. The van der Waals surface area contributed by atoms with Crippen LogP contribution in [-0.4, -0.2) is 43.3 Å². The first-order valence-corrected chi connectivity index (χ1v) is 17.6. The van der Waals surface area contributed by atoms with Crippen molar-refractivity contribution in [1.29, 1.82) is 0 Å². The van der Waals surface area contributed by atoms with E-state index in [9.17, 15) is 18.0 Å². The van der Waals surface area contributed by atoms with E-state index in [2.05, 4.69) is 5.32 Å². The molecule has 0 unspecified atom stereocenters. The van der Waals surface area contributed by atoms with E-state index >= 15 is 0 Å². The second-order valence-corrected chi connectivity index (χ2v) is 15.6. The second-order valence-electron chi connectivity index (χ2n) is 12.4. The van der Waals surface area contributed by atoms with E-state index in [1.807, 2.05) is 65.0 Å². The highest BCUT2D eigenvalue weighted by atomic mass is 35.5. The van der Waals surface area contributed by atoms with Crippen molar-refractivity contribution in [3.05, 3.63) is 128 Å². The van der Waals surface area contributed by atoms with E-state index in [0.29, 0.717) is 26.3 Å². The second kappa shape index (κ2) is 15.1. The van der Waals surface area contributed by atoms with Crippen molar-refractivity contribution < 1.29 is 18.0 Å². The molecule has 0 spiro atoms. The topological polar surface area (TPSA) is 86.8 Å². The Morgan fingerprint density at radius 2 is 1.45 bits per heavy atom. The molecule has 1 atom stereocenters. The van der Waals surface area contributed by atoms with Crippen LogP contribution in [0.25, 0.3) is 0 Å². The van der Waals surface area contributed by atoms with Crippen molar-refractivity contribution in [2.45, 2.75) is 64.1 Å². The number of sulfonamides is 1. The maximum atomic E-state index is 14.6. The average Bonchev–Trinajstić information content (AvgIpc) is 2.99. The highest BCUT2D eigenvalue weighted by Crippen LogP contribution is 2.29. The summed E-state index contributed by atoms with van der Waals surface area (Å²) in [5.41, 5.74) is 2.87. The minimum absolute atomic E-state index is 0.0356. The third-order valence-corrected chi connectivity index (χ3v) is 10.2. The molecule has 0 aliphatic rings. The van der Waals surface area contributed by atoms with Gasteiger partial charge in [-0.05, 0) is 105 Å². The number of carbonyl (C=O) groups is 2. The van der Waals surface area contributed by atoms with Crippen LogP contribution < -0.4 is 9.62 Å². The van der Waals surface area contributed by atoms with Gasteiger partial charge in [-0.2, -0.15) is 0 Å². The molecule has 7 nitrogen and oxygen atoms in total. The average molecular weight is 715 g/mol. The van der Waals surface area contributed by atoms with Gasteiger partial charge in [-0.1, -0.05) is 77.3 Å². The molecule has 4 rings (SSSR count). The molecule has 4 aromatic rings. The minimum Gasteiger partial charge on any atom is -0.350 e. The van der Waals surface area contributed by atoms with Crippen molar-refractivity contribution in [2.24, 2.45) is 0 Å². The number of nitrogens with zero attached hydrogens (tertiary/aromatic N) is 2. The minimum atomic E-state index is -4.27. The molecule has 1 N–H and O–H groups in total. The summed E-state index contributed by atoms with van der Waals surface area (Å²) in [5, 5.41) is 4.11. The highest BCUT2D eigenvalue weighted by Gasteiger charge is 2.36. The Balaban J connectivity index is 1.86. The zero-order chi connectivity index (χ0) is 34.5. The van der Waals surface area contributed by atoms with Crippen molar-refractivity contribution in [1.82, 2.24) is 10.2 Å². The van der Waals surface area contributed by atoms with Crippen molar-refractivity contribution in [3.63, 3.8) is 0 Å². The molecule has 0 saturated heterocycles. The maximum Gasteiger partial charge on any atom is 0.264 e. The molecule has 0 bridgehead atoms. The fourth-order valence-corrected chi connectivity index (χ4v) is 6.98. The van der Waals surface area contributed by atoms with Crippen molar-refractivity contribution >= 4 is 62.3 Å². The van der Waals surface area contributed by atoms with Crippen molar-refractivity contribution in [3.8, 4) is 0 Å². The Hall–Kier alpha value is -3.56. The van der Waals surface area contributed by atoms with Crippen LogP contribution >= 0.6 is 34.8 Å². The number of halogens is 3. The van der Waals surface area contributed by atoms with Gasteiger partial charge in [0.2, 0.25) is 11.8 Å². The zero-order valence-corrected chi connectivity index (χ0v) is 30.0. The predicted molar refractivity (Wildman–Crippen MR) is 191 cm³/mol. The standard InChI is InChI=1S/C36H38Cl3N3O4S/c1-24-11-16-30(19-25(24)2)42(47(45,46)31-17-14-28(37)15-18-31)23-34(43)41(22-27-12-13-29(38)21-32(27)39)33(35(44)40-36(3,4)5)20-26-9-7-6-8-10-26/h6-19,21,33H,20,22-23H2,1-5H3,(H,40,44)/t33-/m1/s1. The Kier molecular flexibility index (Phi) is 11.7. The third-order valence-electron chi connectivity index (χ3n) is 7.58. The first-order valence-electron chi connectivity index (χ1n) is 15.0. The van der Waals surface area contributed by atoms with E-state index in [-0.39, 0.29) is 17.9 Å². The number of aryl methyl sites for hydroxylation is 2. The van der Waals surface area contributed by atoms with Crippen LogP contribution in [0.2, 0.25) is 15.1 Å². The van der Waals surface area contributed by atoms with Gasteiger partial charge in [-0.25, -0.2) is 8.42 Å². The molecule has 0 saturated carbocycles. The molecule has 0 heterocycles. The van der Waals surface area contributed by atoms with Gasteiger partial charge in [0.05, 0.1) is 10.6 Å². The van der Waals surface area contributed by atoms with E-state index < -0.39 is 40.0 Å².